The number of nitrogens with one attached hydrogen (secondary N) is 1. The van der Waals surface area contributed by atoms with Crippen molar-refractivity contribution in [1.82, 2.24) is 0 Å². The summed E-state index contributed by atoms with van der Waals surface area (Å²) in [7, 11) is 126. The summed E-state index contributed by atoms with van der Waals surface area (Å²) in [6.07, 6.45) is 0.734. The highest BCUT2D eigenvalue weighted by atomic mass is 33.5. The van der Waals surface area contributed by atoms with Gasteiger partial charge in [-0.15, -0.1) is 0 Å². The minimum atomic E-state index is -0.462. The molecule has 75 heteroatoms. The quantitative estimate of drug-likeness (QED) is 0.463. The van der Waals surface area contributed by atoms with E-state index in [1.54, 1.807) is 131 Å². The van der Waals surface area contributed by atoms with E-state index in [0.717, 1.165) is 6.29 Å². The Bertz CT molecular complexity index is 5820. The van der Waals surface area contributed by atoms with Crippen molar-refractivity contribution in [1.29, 1.82) is 0 Å². The highest BCUT2D eigenvalue weighted by Crippen LogP contribution is 2.19. The molecule has 0 unspecified atom stereocenters. The maximum Gasteiger partial charge on any atom is 0.229 e. The SMILES string of the molecule is CC(C)(C)C(=O)Nc1ccccc1C=O.S=S=S=S=S=S=S=S=S=S=S=S=S=S=S=S=S=S=S=S=S=S=S=S=S=S=S=S=S=S=S=S=S=S=S=S=S=S=S=S=S=S=S=S=S=S=S=S=S=S=S=S=S=S=S=S=S=S=S=S=S=S=S=S=S=S=S=S=S=S=S=S. The van der Waals surface area contributed by atoms with Gasteiger partial charge in [0.05, 0.1) is 5.69 Å². The predicted octanol–water partition coefficient (Wildman–Crippen LogP) is 2.31. The van der Waals surface area contributed by atoms with E-state index in [-0.39, 0.29) is 5.91 Å². The van der Waals surface area contributed by atoms with E-state index in [4.69, 9.17) is 22.4 Å². The lowest BCUT2D eigenvalue weighted by atomic mass is 9.95. The van der Waals surface area contributed by atoms with Crippen LogP contribution in [0, 0.1) is 5.41 Å². The van der Waals surface area contributed by atoms with Gasteiger partial charge < -0.3 is 5.32 Å². The molecule has 0 bridgehead atoms. The number of hydrogen-bond acceptors (Lipinski definition) is 4. The Hall–Kier alpha value is 14.2. The van der Waals surface area contributed by atoms with E-state index in [9.17, 15) is 9.59 Å². The van der Waals surface area contributed by atoms with Crippen LogP contribution < -0.4 is 5.32 Å². The van der Waals surface area contributed by atoms with E-state index in [1.807, 2.05) is 518 Å². The Morgan fingerprint density at radius 3 is 0.540 bits per heavy atom. The maximum atomic E-state index is 11.7. The molecule has 1 N–H and O–H groups in total. The largest absolute Gasteiger partial charge is 0.325 e. The first-order valence-corrected chi connectivity index (χ1v) is 111. The summed E-state index contributed by atoms with van der Waals surface area (Å²) in [4.78, 5) is 22.4. The second kappa shape index (κ2) is 89.1. The van der Waals surface area contributed by atoms with Gasteiger partial charge >= 0.3 is 0 Å². The number of benzene rings is 1. The Morgan fingerprint density at radius 2 is 0.414 bits per heavy atom. The lowest BCUT2D eigenvalue weighted by Crippen LogP contribution is -2.28. The molecule has 0 aliphatic carbocycles. The van der Waals surface area contributed by atoms with Gasteiger partial charge in [0, 0.05) is 655 Å². The van der Waals surface area contributed by atoms with Crippen molar-refractivity contribution in [3.8, 4) is 0 Å². The zero-order chi connectivity index (χ0) is 63.0. The molecule has 0 spiro atoms. The molecular weight excluding hydrogens is 2500 g/mol. The van der Waals surface area contributed by atoms with Gasteiger partial charge in [-0.05, 0) is 12.1 Å². The molecular formula is C12H15NO2S72. The molecule has 1 aromatic rings. The standard InChI is InChI=1S/C12H15NO2.S72/c1-12(2,3)11(15)13-10-7-5-4-6-9(10)8-14;1-3-5-7-9-11-13-15-17-19-21-23-25-27-29-31-33-35-37-39-41-43-45-47-49-51-53-55-57-59-61-63-65-67-69-71-72-70-68-66-64-62-60-58-56-54-52-50-48-46-44-42-40-38-36-34-32-30-28-26-24-22-20-18-16-14-12-10-8-6-4-2/h4-8H,1-3H3,(H,13,15);. The highest BCUT2D eigenvalue weighted by Gasteiger charge is 2.21. The molecule has 512 valence electrons. The van der Waals surface area contributed by atoms with Crippen LogP contribution >= 0.6 is 0 Å². The third-order valence-corrected chi connectivity index (χ3v) is 157. The average Bonchev–Trinajstić information content (AvgIpc) is 3.66. The molecule has 0 heterocycles. The second-order valence-electron chi connectivity index (χ2n) is 9.17. The number of amides is 1. The Balaban J connectivity index is 0.00000425. The lowest BCUT2D eigenvalue weighted by molar-refractivity contribution is -0.123. The second-order valence-corrected chi connectivity index (χ2v) is 133. The Morgan fingerprint density at radius 1 is 0.276 bits per heavy atom. The van der Waals surface area contributed by atoms with E-state index >= 15 is 0 Å². The van der Waals surface area contributed by atoms with Gasteiger partial charge in [0.25, 0.3) is 0 Å². The van der Waals surface area contributed by atoms with Crippen molar-refractivity contribution < 1.29 is 9.59 Å². The third kappa shape index (κ3) is 85.7. The zero-order valence-corrected chi connectivity index (χ0v) is 97.4. The number of carbonyl (C=O) groups excluding carboxylic acids is 2. The highest BCUT2D eigenvalue weighted by molar-refractivity contribution is 8.84. The summed E-state index contributed by atoms with van der Waals surface area (Å²) in [5.74, 6) is -0.100. The minimum Gasteiger partial charge on any atom is -0.325 e. The number of aldehydes is 1. The predicted molar refractivity (Wildman–Crippen MR) is 590 cm³/mol. The van der Waals surface area contributed by atoms with Crippen LogP contribution in [-0.2, 0) is 649 Å². The molecule has 3 nitrogen and oxygen atoms in total. The van der Waals surface area contributed by atoms with Crippen molar-refractivity contribution >= 4 is 662 Å². The Kier molecular flexibility index (Phi) is 104. The van der Waals surface area contributed by atoms with Crippen molar-refractivity contribution in [2.24, 2.45) is 5.41 Å². The molecule has 0 aromatic heterocycles. The first-order chi connectivity index (χ1) is 42.9. The van der Waals surface area contributed by atoms with Crippen molar-refractivity contribution in [3.63, 3.8) is 0 Å². The van der Waals surface area contributed by atoms with Crippen LogP contribution in [0.15, 0.2) is 24.3 Å². The van der Waals surface area contributed by atoms with Gasteiger partial charge in [0.2, 0.25) is 5.91 Å². The van der Waals surface area contributed by atoms with E-state index < -0.39 is 5.41 Å². The van der Waals surface area contributed by atoms with Gasteiger partial charge in [-0.2, -0.15) is 0 Å². The number of rotatable bonds is 2. The van der Waals surface area contributed by atoms with Crippen LogP contribution in [0.4, 0.5) is 5.69 Å². The fourth-order valence-electron chi connectivity index (χ4n) is 1.79. The van der Waals surface area contributed by atoms with E-state index in [0.29, 0.717) is 11.3 Å². The summed E-state index contributed by atoms with van der Waals surface area (Å²) in [5, 5.41) is 2.73. The summed E-state index contributed by atoms with van der Waals surface area (Å²) in [6, 6.07) is 6.93. The molecule has 0 saturated heterocycles. The first kappa shape index (κ1) is 101. The minimum absolute atomic E-state index is 0.100. The van der Waals surface area contributed by atoms with Gasteiger partial charge in [-0.1, -0.05) is 32.9 Å². The van der Waals surface area contributed by atoms with Crippen molar-refractivity contribution in [3.05, 3.63) is 29.8 Å². The summed E-state index contributed by atoms with van der Waals surface area (Å²) >= 11 is 9.65. The summed E-state index contributed by atoms with van der Waals surface area (Å²) in [6.45, 7) is 5.48. The molecule has 87 heavy (non-hydrogen) atoms. The number of hydrogen-bond donors (Lipinski definition) is 1. The maximum absolute atomic E-state index is 11.7. The zero-order valence-electron chi connectivity index (χ0n) is 38.6. The number of anilines is 1. The van der Waals surface area contributed by atoms with Crippen LogP contribution in [0.1, 0.15) is 31.1 Å². The van der Waals surface area contributed by atoms with E-state index in [2.05, 4.69) is 5.32 Å². The van der Waals surface area contributed by atoms with Crippen LogP contribution in [-0.4, -0.2) is 12.2 Å². The van der Waals surface area contributed by atoms with Gasteiger partial charge in [-0.3, -0.25) is 9.59 Å². The number of carbonyl (C=O) groups is 2. The molecule has 0 aliphatic heterocycles. The topological polar surface area (TPSA) is 46.2 Å². The van der Waals surface area contributed by atoms with Crippen molar-refractivity contribution in [2.45, 2.75) is 20.8 Å². The van der Waals surface area contributed by atoms with Crippen LogP contribution in [0.25, 0.3) is 0 Å². The Labute approximate surface area is 712 Å². The first-order valence-electron chi connectivity index (χ1n) is 16.6. The molecule has 0 radical (unpaired) electrons. The van der Waals surface area contributed by atoms with Crippen molar-refractivity contribution in [2.75, 3.05) is 5.32 Å². The van der Waals surface area contributed by atoms with Gasteiger partial charge in [-0.25, -0.2) is 0 Å². The van der Waals surface area contributed by atoms with Crippen LogP contribution in [0.3, 0.4) is 0 Å². The average molecular weight is 2510 g/mol. The lowest BCUT2D eigenvalue weighted by Gasteiger charge is -2.18. The summed E-state index contributed by atoms with van der Waals surface area (Å²) in [5.41, 5.74) is 0.596. The smallest absolute Gasteiger partial charge is 0.229 e. The molecule has 0 fully saturated rings. The van der Waals surface area contributed by atoms with Gasteiger partial charge in [0.15, 0.2) is 6.29 Å². The molecule has 0 aliphatic rings. The fraction of sp³-hybridized carbons (Fsp3) is 0.333. The normalized spacial score (nSPS) is 8.36. The molecule has 0 atom stereocenters. The van der Waals surface area contributed by atoms with Crippen LogP contribution in [0.2, 0.25) is 0 Å². The fourth-order valence-corrected chi connectivity index (χ4v) is 188. The number of para-hydroxylation sites is 1. The molecule has 1 amide bonds. The van der Waals surface area contributed by atoms with Crippen LogP contribution in [0.5, 0.6) is 0 Å². The molecule has 0 saturated carbocycles. The third-order valence-electron chi connectivity index (χ3n) is 3.93. The van der Waals surface area contributed by atoms with E-state index in [1.165, 1.54) is 17.8 Å². The summed E-state index contributed by atoms with van der Waals surface area (Å²) < 4.78 is 0. The molecule has 1 aromatic carbocycles. The molecule has 1 rings (SSSR count). The van der Waals surface area contributed by atoms with Gasteiger partial charge in [0.1, 0.15) is 0 Å². The monoisotopic (exact) mass is 2510 g/mol.